The quantitative estimate of drug-likeness (QED) is 0.695. The van der Waals surface area contributed by atoms with E-state index in [0.717, 1.165) is 18.5 Å². The van der Waals surface area contributed by atoms with Gasteiger partial charge in [0.1, 0.15) is 0 Å². The van der Waals surface area contributed by atoms with Crippen molar-refractivity contribution in [3.63, 3.8) is 0 Å². The molecule has 1 aliphatic carbocycles. The molecule has 2 aliphatic rings. The standard InChI is InChI=1S/C14H17NOS/c1-11(16)15-12-7-3-4-8-13(12)17-14(15)9-5-2-6-10-14/h3-4,7-8H,2,5-6,9-10H2,1H3. The molecular formula is C14H17NOS. The number of rotatable bonds is 0. The normalized spacial score (nSPS) is 21.6. The van der Waals surface area contributed by atoms with Crippen LogP contribution in [0.15, 0.2) is 29.2 Å². The number of benzene rings is 1. The largest absolute Gasteiger partial charge is 0.296 e. The van der Waals surface area contributed by atoms with E-state index in [-0.39, 0.29) is 10.8 Å². The molecule has 90 valence electrons. The van der Waals surface area contributed by atoms with Gasteiger partial charge in [0.05, 0.1) is 10.6 Å². The number of hydrogen-bond acceptors (Lipinski definition) is 2. The van der Waals surface area contributed by atoms with E-state index in [1.165, 1.54) is 24.2 Å². The molecule has 2 nitrogen and oxygen atoms in total. The Bertz CT molecular complexity index is 451. The fraction of sp³-hybridized carbons (Fsp3) is 0.500. The average molecular weight is 247 g/mol. The van der Waals surface area contributed by atoms with Gasteiger partial charge in [-0.25, -0.2) is 0 Å². The lowest BCUT2D eigenvalue weighted by Crippen LogP contribution is -2.47. The smallest absolute Gasteiger partial charge is 0.225 e. The van der Waals surface area contributed by atoms with Gasteiger partial charge in [0.15, 0.2) is 0 Å². The van der Waals surface area contributed by atoms with Crippen LogP contribution >= 0.6 is 11.8 Å². The van der Waals surface area contributed by atoms with Gasteiger partial charge in [0.25, 0.3) is 0 Å². The molecule has 1 saturated carbocycles. The van der Waals surface area contributed by atoms with Gasteiger partial charge in [-0.3, -0.25) is 9.69 Å². The minimum absolute atomic E-state index is 0.0216. The summed E-state index contributed by atoms with van der Waals surface area (Å²) < 4.78 is 0. The van der Waals surface area contributed by atoms with E-state index in [1.54, 1.807) is 6.92 Å². The van der Waals surface area contributed by atoms with Crippen LogP contribution in [0.5, 0.6) is 0 Å². The Hall–Kier alpha value is -0.960. The predicted molar refractivity (Wildman–Crippen MR) is 71.3 cm³/mol. The van der Waals surface area contributed by atoms with E-state index in [9.17, 15) is 4.79 Å². The van der Waals surface area contributed by atoms with Crippen molar-refractivity contribution in [2.24, 2.45) is 0 Å². The highest BCUT2D eigenvalue weighted by atomic mass is 32.2. The van der Waals surface area contributed by atoms with Crippen LogP contribution in [0.3, 0.4) is 0 Å². The van der Waals surface area contributed by atoms with Gasteiger partial charge in [-0.15, -0.1) is 0 Å². The summed E-state index contributed by atoms with van der Waals surface area (Å²) in [6.07, 6.45) is 6.05. The lowest BCUT2D eigenvalue weighted by Gasteiger charge is -2.40. The Balaban J connectivity index is 2.06. The second-order valence-corrected chi connectivity index (χ2v) is 6.33. The molecule has 0 saturated heterocycles. The zero-order valence-corrected chi connectivity index (χ0v) is 10.9. The summed E-state index contributed by atoms with van der Waals surface area (Å²) in [5, 5.41) is 0. The third-order valence-electron chi connectivity index (χ3n) is 3.76. The molecule has 1 aromatic carbocycles. The fourth-order valence-corrected chi connectivity index (χ4v) is 4.72. The first-order valence-corrected chi connectivity index (χ1v) is 7.13. The van der Waals surface area contributed by atoms with Crippen molar-refractivity contribution in [3.8, 4) is 0 Å². The zero-order valence-electron chi connectivity index (χ0n) is 10.1. The number of anilines is 1. The SMILES string of the molecule is CC(=O)N1c2ccccc2SC12CCCCC2. The maximum atomic E-state index is 12.0. The van der Waals surface area contributed by atoms with Crippen LogP contribution in [-0.2, 0) is 4.79 Å². The first-order valence-electron chi connectivity index (χ1n) is 6.32. The molecule has 1 spiro atoms. The van der Waals surface area contributed by atoms with Crippen molar-refractivity contribution in [1.29, 1.82) is 0 Å². The molecule has 0 aromatic heterocycles. The number of thioether (sulfide) groups is 1. The second-order valence-electron chi connectivity index (χ2n) is 4.93. The molecular weight excluding hydrogens is 230 g/mol. The Kier molecular flexibility index (Phi) is 2.66. The van der Waals surface area contributed by atoms with Gasteiger partial charge in [0.2, 0.25) is 5.91 Å². The van der Waals surface area contributed by atoms with E-state index in [2.05, 4.69) is 18.2 Å². The number of fused-ring (bicyclic) bond motifs is 1. The molecule has 1 heterocycles. The summed E-state index contributed by atoms with van der Waals surface area (Å²) >= 11 is 1.90. The van der Waals surface area contributed by atoms with Gasteiger partial charge >= 0.3 is 0 Å². The van der Waals surface area contributed by atoms with Crippen LogP contribution in [0.1, 0.15) is 39.0 Å². The molecule has 1 amide bonds. The number of amides is 1. The highest BCUT2D eigenvalue weighted by Crippen LogP contribution is 2.56. The van der Waals surface area contributed by atoms with Crippen molar-refractivity contribution in [2.75, 3.05) is 4.90 Å². The minimum atomic E-state index is 0.0216. The van der Waals surface area contributed by atoms with Crippen LogP contribution in [0, 0.1) is 0 Å². The van der Waals surface area contributed by atoms with E-state index < -0.39 is 0 Å². The molecule has 0 unspecified atom stereocenters. The molecule has 0 atom stereocenters. The Morgan fingerprint density at radius 3 is 2.65 bits per heavy atom. The Morgan fingerprint density at radius 2 is 1.94 bits per heavy atom. The van der Waals surface area contributed by atoms with E-state index >= 15 is 0 Å². The first kappa shape index (κ1) is 11.1. The summed E-state index contributed by atoms with van der Waals surface area (Å²) in [4.78, 5) is 15.3. The summed E-state index contributed by atoms with van der Waals surface area (Å²) in [6.45, 7) is 1.69. The van der Waals surface area contributed by atoms with Crippen molar-refractivity contribution in [3.05, 3.63) is 24.3 Å². The van der Waals surface area contributed by atoms with E-state index in [0.29, 0.717) is 0 Å². The topological polar surface area (TPSA) is 20.3 Å². The molecule has 0 bridgehead atoms. The average Bonchev–Trinajstić information content (AvgIpc) is 2.63. The van der Waals surface area contributed by atoms with Gasteiger partial charge < -0.3 is 0 Å². The highest BCUT2D eigenvalue weighted by molar-refractivity contribution is 8.01. The lowest BCUT2D eigenvalue weighted by molar-refractivity contribution is -0.117. The highest BCUT2D eigenvalue weighted by Gasteiger charge is 2.46. The number of hydrogen-bond donors (Lipinski definition) is 0. The van der Waals surface area contributed by atoms with Crippen molar-refractivity contribution in [2.45, 2.75) is 48.8 Å². The Morgan fingerprint density at radius 1 is 1.24 bits per heavy atom. The van der Waals surface area contributed by atoms with Gasteiger partial charge in [-0.05, 0) is 25.0 Å². The van der Waals surface area contributed by atoms with Crippen LogP contribution in [0.2, 0.25) is 0 Å². The summed E-state index contributed by atoms with van der Waals surface area (Å²) in [6, 6.07) is 8.30. The molecule has 0 radical (unpaired) electrons. The van der Waals surface area contributed by atoms with E-state index in [1.807, 2.05) is 22.7 Å². The molecule has 1 fully saturated rings. The number of carbonyl (C=O) groups is 1. The number of nitrogens with zero attached hydrogens (tertiary/aromatic N) is 1. The third-order valence-corrected chi connectivity index (χ3v) is 5.30. The summed E-state index contributed by atoms with van der Waals surface area (Å²) in [5.41, 5.74) is 1.12. The monoisotopic (exact) mass is 247 g/mol. The summed E-state index contributed by atoms with van der Waals surface area (Å²) in [7, 11) is 0. The molecule has 1 aliphatic heterocycles. The van der Waals surface area contributed by atoms with Crippen molar-refractivity contribution >= 4 is 23.4 Å². The Labute approximate surface area is 106 Å². The molecule has 3 rings (SSSR count). The molecule has 17 heavy (non-hydrogen) atoms. The molecule has 0 N–H and O–H groups in total. The fourth-order valence-electron chi connectivity index (χ4n) is 3.08. The predicted octanol–water partition coefficient (Wildman–Crippen LogP) is 3.81. The third kappa shape index (κ3) is 1.68. The van der Waals surface area contributed by atoms with Crippen LogP contribution in [-0.4, -0.2) is 10.8 Å². The van der Waals surface area contributed by atoms with Crippen molar-refractivity contribution < 1.29 is 4.79 Å². The maximum absolute atomic E-state index is 12.0. The lowest BCUT2D eigenvalue weighted by atomic mass is 9.93. The van der Waals surface area contributed by atoms with Gasteiger partial charge in [-0.1, -0.05) is 43.2 Å². The van der Waals surface area contributed by atoms with Crippen LogP contribution < -0.4 is 4.90 Å². The molecule has 1 aromatic rings. The van der Waals surface area contributed by atoms with Crippen LogP contribution in [0.25, 0.3) is 0 Å². The minimum Gasteiger partial charge on any atom is -0.296 e. The summed E-state index contributed by atoms with van der Waals surface area (Å²) in [5.74, 6) is 0.185. The number of para-hydroxylation sites is 1. The van der Waals surface area contributed by atoms with Crippen LogP contribution in [0.4, 0.5) is 5.69 Å². The first-order chi connectivity index (χ1) is 8.23. The zero-order chi connectivity index (χ0) is 11.9. The maximum Gasteiger partial charge on any atom is 0.225 e. The second kappa shape index (κ2) is 4.05. The molecule has 3 heteroatoms. The van der Waals surface area contributed by atoms with E-state index in [4.69, 9.17) is 0 Å². The van der Waals surface area contributed by atoms with Gasteiger partial charge in [0, 0.05) is 11.8 Å². The van der Waals surface area contributed by atoms with Gasteiger partial charge in [-0.2, -0.15) is 0 Å². The number of carbonyl (C=O) groups excluding carboxylic acids is 1. The van der Waals surface area contributed by atoms with Crippen molar-refractivity contribution in [1.82, 2.24) is 0 Å².